The van der Waals surface area contributed by atoms with Gasteiger partial charge >= 0.3 is 6.09 Å². The summed E-state index contributed by atoms with van der Waals surface area (Å²) in [6, 6.07) is 3.51. The van der Waals surface area contributed by atoms with Crippen molar-refractivity contribution in [1.82, 2.24) is 20.2 Å². The molecular formula is C17H18N4O4. The summed E-state index contributed by atoms with van der Waals surface area (Å²) in [5, 5.41) is 11.9. The predicted molar refractivity (Wildman–Crippen MR) is 88.7 cm³/mol. The number of likely N-dealkylation sites (tertiary alicyclic amines) is 1. The molecule has 1 atom stereocenters. The van der Waals surface area contributed by atoms with Crippen molar-refractivity contribution in [3.05, 3.63) is 35.8 Å². The third-order valence-electron chi connectivity index (χ3n) is 4.70. The number of rotatable bonds is 4. The van der Waals surface area contributed by atoms with Crippen LogP contribution in [0.15, 0.2) is 24.5 Å². The fraction of sp³-hybridized carbons (Fsp3) is 0.353. The zero-order valence-electron chi connectivity index (χ0n) is 13.5. The number of nitrogens with one attached hydrogen (secondary N) is 2. The molecule has 25 heavy (non-hydrogen) atoms. The molecule has 0 saturated carbocycles. The Labute approximate surface area is 143 Å². The minimum absolute atomic E-state index is 0.0770. The highest BCUT2D eigenvalue weighted by atomic mass is 16.5. The highest BCUT2D eigenvalue weighted by Gasteiger charge is 2.32. The molecule has 130 valence electrons. The molecule has 2 amide bonds. The number of ether oxygens (including phenoxy) is 1. The first-order chi connectivity index (χ1) is 12.1. The standard InChI is InChI=1S/C17H18N4O4/c22-16-12-7-14(20-13(12)2-5-19-16)11-1-4-18-8-15(11)25-9-10-3-6-21(10)17(23)24/h1,4,7-8,10,20H,2-3,5-6,9H2,(H,19,22)(H,23,24)/t10-/m0/s1. The molecule has 2 aliphatic rings. The minimum Gasteiger partial charge on any atom is -0.489 e. The van der Waals surface area contributed by atoms with E-state index in [0.717, 1.165) is 29.8 Å². The number of carbonyl (C=O) groups is 2. The van der Waals surface area contributed by atoms with Gasteiger partial charge in [0.05, 0.1) is 23.5 Å². The summed E-state index contributed by atoms with van der Waals surface area (Å²) in [6.45, 7) is 1.45. The smallest absolute Gasteiger partial charge is 0.407 e. The second-order valence-electron chi connectivity index (χ2n) is 6.18. The lowest BCUT2D eigenvalue weighted by molar-refractivity contribution is 0.0500. The maximum Gasteiger partial charge on any atom is 0.407 e. The number of H-pyrrole nitrogens is 1. The molecule has 3 N–H and O–H groups in total. The lowest BCUT2D eigenvalue weighted by atomic mass is 10.1. The van der Waals surface area contributed by atoms with Crippen molar-refractivity contribution >= 4 is 12.0 Å². The van der Waals surface area contributed by atoms with Gasteiger partial charge in [-0.3, -0.25) is 9.78 Å². The number of fused-ring (bicyclic) bond motifs is 1. The Morgan fingerprint density at radius 1 is 1.44 bits per heavy atom. The van der Waals surface area contributed by atoms with E-state index in [1.54, 1.807) is 12.4 Å². The summed E-state index contributed by atoms with van der Waals surface area (Å²) in [7, 11) is 0. The van der Waals surface area contributed by atoms with Crippen LogP contribution in [0.1, 0.15) is 22.5 Å². The van der Waals surface area contributed by atoms with Crippen LogP contribution >= 0.6 is 0 Å². The van der Waals surface area contributed by atoms with E-state index < -0.39 is 6.09 Å². The first-order valence-electron chi connectivity index (χ1n) is 8.20. The van der Waals surface area contributed by atoms with Gasteiger partial charge in [0.2, 0.25) is 0 Å². The Kier molecular flexibility index (Phi) is 3.79. The van der Waals surface area contributed by atoms with Crippen LogP contribution in [-0.2, 0) is 6.42 Å². The van der Waals surface area contributed by atoms with Crippen molar-refractivity contribution in [2.75, 3.05) is 19.7 Å². The number of hydrogen-bond donors (Lipinski definition) is 3. The average Bonchev–Trinajstić information content (AvgIpc) is 2.99. The molecule has 8 nitrogen and oxygen atoms in total. The first-order valence-corrected chi connectivity index (χ1v) is 8.20. The van der Waals surface area contributed by atoms with Gasteiger partial charge in [-0.15, -0.1) is 0 Å². The van der Waals surface area contributed by atoms with E-state index in [-0.39, 0.29) is 18.6 Å². The van der Waals surface area contributed by atoms with E-state index in [0.29, 0.717) is 24.4 Å². The molecule has 2 aromatic heterocycles. The van der Waals surface area contributed by atoms with Gasteiger partial charge < -0.3 is 25.0 Å². The van der Waals surface area contributed by atoms with Crippen LogP contribution in [0, 0.1) is 0 Å². The molecule has 1 saturated heterocycles. The Morgan fingerprint density at radius 2 is 2.32 bits per heavy atom. The van der Waals surface area contributed by atoms with E-state index in [1.807, 2.05) is 12.1 Å². The van der Waals surface area contributed by atoms with Gasteiger partial charge in [-0.25, -0.2) is 4.79 Å². The van der Waals surface area contributed by atoms with Crippen LogP contribution in [0.4, 0.5) is 4.79 Å². The highest BCUT2D eigenvalue weighted by Crippen LogP contribution is 2.31. The van der Waals surface area contributed by atoms with Crippen molar-refractivity contribution in [2.45, 2.75) is 18.9 Å². The number of carboxylic acid groups (broad SMARTS) is 1. The summed E-state index contributed by atoms with van der Waals surface area (Å²) in [4.78, 5) is 31.7. The zero-order valence-corrected chi connectivity index (χ0v) is 13.5. The summed E-state index contributed by atoms with van der Waals surface area (Å²) in [5.41, 5.74) is 3.17. The molecule has 2 aromatic rings. The van der Waals surface area contributed by atoms with Gasteiger partial charge in [-0.05, 0) is 18.6 Å². The minimum atomic E-state index is -0.922. The van der Waals surface area contributed by atoms with Gasteiger partial charge in [0.1, 0.15) is 12.4 Å². The van der Waals surface area contributed by atoms with Gasteiger partial charge in [-0.1, -0.05) is 0 Å². The lowest BCUT2D eigenvalue weighted by Crippen LogP contribution is -2.53. The van der Waals surface area contributed by atoms with Gasteiger partial charge in [-0.2, -0.15) is 0 Å². The lowest BCUT2D eigenvalue weighted by Gasteiger charge is -2.38. The molecule has 4 heterocycles. The maximum atomic E-state index is 11.9. The van der Waals surface area contributed by atoms with E-state index in [9.17, 15) is 9.59 Å². The zero-order chi connectivity index (χ0) is 17.4. The molecule has 0 unspecified atom stereocenters. The molecule has 4 rings (SSSR count). The van der Waals surface area contributed by atoms with Crippen LogP contribution < -0.4 is 10.1 Å². The van der Waals surface area contributed by atoms with E-state index >= 15 is 0 Å². The molecule has 0 aromatic carbocycles. The first kappa shape index (κ1) is 15.5. The van der Waals surface area contributed by atoms with E-state index in [1.165, 1.54) is 4.90 Å². The summed E-state index contributed by atoms with van der Waals surface area (Å²) in [6.07, 6.45) is 3.90. The third kappa shape index (κ3) is 2.79. The molecule has 0 aliphatic carbocycles. The molecule has 0 spiro atoms. The molecular weight excluding hydrogens is 324 g/mol. The fourth-order valence-electron chi connectivity index (χ4n) is 3.21. The Bertz CT molecular complexity index is 832. The van der Waals surface area contributed by atoms with Crippen molar-refractivity contribution in [2.24, 2.45) is 0 Å². The molecule has 8 heteroatoms. The number of pyridine rings is 1. The monoisotopic (exact) mass is 342 g/mol. The van der Waals surface area contributed by atoms with Crippen molar-refractivity contribution < 1.29 is 19.4 Å². The number of amides is 2. The van der Waals surface area contributed by atoms with Crippen LogP contribution in [0.3, 0.4) is 0 Å². The quantitative estimate of drug-likeness (QED) is 0.780. The van der Waals surface area contributed by atoms with Gasteiger partial charge in [0, 0.05) is 37.0 Å². The third-order valence-corrected chi connectivity index (χ3v) is 4.70. The van der Waals surface area contributed by atoms with Crippen LogP contribution in [0.2, 0.25) is 0 Å². The summed E-state index contributed by atoms with van der Waals surface area (Å²) >= 11 is 0. The predicted octanol–water partition coefficient (Wildman–Crippen LogP) is 1.49. The largest absolute Gasteiger partial charge is 0.489 e. The Morgan fingerprint density at radius 3 is 3.04 bits per heavy atom. The van der Waals surface area contributed by atoms with Gasteiger partial charge in [0.25, 0.3) is 5.91 Å². The molecule has 0 bridgehead atoms. The highest BCUT2D eigenvalue weighted by molar-refractivity contribution is 5.98. The van der Waals surface area contributed by atoms with E-state index in [2.05, 4.69) is 15.3 Å². The van der Waals surface area contributed by atoms with Crippen LogP contribution in [0.5, 0.6) is 5.75 Å². The molecule has 2 aliphatic heterocycles. The normalized spacial score (nSPS) is 19.0. The molecule has 1 fully saturated rings. The average molecular weight is 342 g/mol. The number of aromatic nitrogens is 2. The summed E-state index contributed by atoms with van der Waals surface area (Å²) < 4.78 is 5.85. The maximum absolute atomic E-state index is 11.9. The van der Waals surface area contributed by atoms with Crippen LogP contribution in [0.25, 0.3) is 11.3 Å². The van der Waals surface area contributed by atoms with Crippen molar-refractivity contribution in [3.8, 4) is 17.0 Å². The number of carbonyl (C=O) groups excluding carboxylic acids is 1. The fourth-order valence-corrected chi connectivity index (χ4v) is 3.21. The number of aromatic amines is 1. The molecule has 0 radical (unpaired) electrons. The number of nitrogens with zero attached hydrogens (tertiary/aromatic N) is 2. The number of hydrogen-bond acceptors (Lipinski definition) is 4. The Balaban J connectivity index is 1.55. The SMILES string of the molecule is O=C1NCCc2[nH]c(-c3ccncc3OC[C@@H]3CCN3C(=O)O)cc21. The van der Waals surface area contributed by atoms with E-state index in [4.69, 9.17) is 9.84 Å². The van der Waals surface area contributed by atoms with Gasteiger partial charge in [0.15, 0.2) is 0 Å². The Hall–Kier alpha value is -3.03. The van der Waals surface area contributed by atoms with Crippen molar-refractivity contribution in [3.63, 3.8) is 0 Å². The summed E-state index contributed by atoms with van der Waals surface area (Å²) in [5.74, 6) is 0.491. The second kappa shape index (κ2) is 6.12. The van der Waals surface area contributed by atoms with Crippen molar-refractivity contribution in [1.29, 1.82) is 0 Å². The topological polar surface area (TPSA) is 108 Å². The second-order valence-corrected chi connectivity index (χ2v) is 6.18. The van der Waals surface area contributed by atoms with Crippen LogP contribution in [-0.4, -0.2) is 57.7 Å².